The van der Waals surface area contributed by atoms with Gasteiger partial charge >= 0.3 is 0 Å². The minimum absolute atomic E-state index is 0. The normalized spacial score (nSPS) is 29.2. The third-order valence-electron chi connectivity index (χ3n) is 6.33. The summed E-state index contributed by atoms with van der Waals surface area (Å²) in [5, 5.41) is 0. The Balaban J connectivity index is 0.00000243. The quantitative estimate of drug-likeness (QED) is 0.855. The van der Waals surface area contributed by atoms with Crippen molar-refractivity contribution in [2.45, 2.75) is 44.6 Å². The third kappa shape index (κ3) is 4.99. The molecular weight excluding hydrogens is 346 g/mol. The van der Waals surface area contributed by atoms with Crippen molar-refractivity contribution in [1.82, 2.24) is 9.80 Å². The van der Waals surface area contributed by atoms with Gasteiger partial charge in [-0.1, -0.05) is 37.3 Å². The number of nitrogens with two attached hydrogens (primary N) is 1. The fraction of sp³-hybridized carbons (Fsp3) is 0.667. The van der Waals surface area contributed by atoms with Gasteiger partial charge in [0.05, 0.1) is 6.54 Å². The summed E-state index contributed by atoms with van der Waals surface area (Å²) in [5.74, 6) is 1.97. The van der Waals surface area contributed by atoms with E-state index in [0.717, 1.165) is 31.8 Å². The summed E-state index contributed by atoms with van der Waals surface area (Å²) in [6, 6.07) is 11.0. The number of nitrogens with zero attached hydrogens (tertiary/aromatic N) is 2. The number of carbonyl (C=O) groups excluding carboxylic acids is 1. The molecule has 0 radical (unpaired) electrons. The zero-order valence-corrected chi connectivity index (χ0v) is 17.0. The maximum absolute atomic E-state index is 12.8. The molecule has 1 aromatic rings. The Labute approximate surface area is 164 Å². The molecule has 4 nitrogen and oxygen atoms in total. The summed E-state index contributed by atoms with van der Waals surface area (Å²) in [7, 11) is 1.99. The van der Waals surface area contributed by atoms with E-state index < -0.39 is 0 Å². The number of halogens is 1. The Morgan fingerprint density at radius 3 is 2.42 bits per heavy atom. The first-order valence-electron chi connectivity index (χ1n) is 9.81. The zero-order valence-electron chi connectivity index (χ0n) is 16.1. The molecule has 2 fully saturated rings. The minimum Gasteiger partial charge on any atom is -0.342 e. The van der Waals surface area contributed by atoms with E-state index in [2.05, 4.69) is 42.2 Å². The highest BCUT2D eigenvalue weighted by Crippen LogP contribution is 2.32. The van der Waals surface area contributed by atoms with Crippen molar-refractivity contribution in [3.05, 3.63) is 35.9 Å². The van der Waals surface area contributed by atoms with Gasteiger partial charge < -0.3 is 10.6 Å². The van der Waals surface area contributed by atoms with Gasteiger partial charge in [-0.3, -0.25) is 9.69 Å². The van der Waals surface area contributed by atoms with E-state index in [-0.39, 0.29) is 18.3 Å². The van der Waals surface area contributed by atoms with Crippen LogP contribution < -0.4 is 5.73 Å². The second-order valence-electron chi connectivity index (χ2n) is 8.13. The molecule has 1 amide bonds. The van der Waals surface area contributed by atoms with Crippen LogP contribution in [0.2, 0.25) is 0 Å². The van der Waals surface area contributed by atoms with Gasteiger partial charge in [0.1, 0.15) is 0 Å². The monoisotopic (exact) mass is 379 g/mol. The lowest BCUT2D eigenvalue weighted by Crippen LogP contribution is -2.44. The molecule has 3 rings (SSSR count). The SMILES string of the molecule is CC1CCC(N(C)C(=O)CN2C[C@@H](CN)[C@H](c3ccccc3)C2)CC1.Cl. The van der Waals surface area contributed by atoms with Crippen LogP contribution >= 0.6 is 12.4 Å². The Hall–Kier alpha value is -1.10. The van der Waals surface area contributed by atoms with Crippen LogP contribution in [-0.4, -0.2) is 55.0 Å². The van der Waals surface area contributed by atoms with Gasteiger partial charge in [-0.15, -0.1) is 12.4 Å². The molecule has 5 heteroatoms. The predicted molar refractivity (Wildman–Crippen MR) is 110 cm³/mol. The molecule has 0 spiro atoms. The van der Waals surface area contributed by atoms with Crippen molar-refractivity contribution < 1.29 is 4.79 Å². The molecule has 0 unspecified atom stereocenters. The summed E-state index contributed by atoms with van der Waals surface area (Å²) < 4.78 is 0. The summed E-state index contributed by atoms with van der Waals surface area (Å²) >= 11 is 0. The molecule has 1 aliphatic carbocycles. The number of hydrogen-bond donors (Lipinski definition) is 1. The second kappa shape index (κ2) is 9.72. The van der Waals surface area contributed by atoms with Gasteiger partial charge in [-0.2, -0.15) is 0 Å². The van der Waals surface area contributed by atoms with Gasteiger partial charge in [0, 0.05) is 32.1 Å². The molecule has 146 valence electrons. The molecule has 1 saturated carbocycles. The highest BCUT2D eigenvalue weighted by atomic mass is 35.5. The van der Waals surface area contributed by atoms with Crippen LogP contribution in [0.25, 0.3) is 0 Å². The Morgan fingerprint density at radius 1 is 1.15 bits per heavy atom. The highest BCUT2D eigenvalue weighted by molar-refractivity contribution is 5.85. The summed E-state index contributed by atoms with van der Waals surface area (Å²) in [4.78, 5) is 17.1. The molecule has 0 aromatic heterocycles. The van der Waals surface area contributed by atoms with Crippen LogP contribution in [0.4, 0.5) is 0 Å². The van der Waals surface area contributed by atoms with Crippen LogP contribution in [0.1, 0.15) is 44.1 Å². The van der Waals surface area contributed by atoms with Crippen LogP contribution in [0.5, 0.6) is 0 Å². The van der Waals surface area contributed by atoms with E-state index in [4.69, 9.17) is 5.73 Å². The van der Waals surface area contributed by atoms with Gasteiger partial charge in [-0.05, 0) is 49.6 Å². The second-order valence-corrected chi connectivity index (χ2v) is 8.13. The number of carbonyl (C=O) groups is 1. The Kier molecular flexibility index (Phi) is 7.93. The van der Waals surface area contributed by atoms with Crippen LogP contribution in [0.3, 0.4) is 0 Å². The van der Waals surface area contributed by atoms with E-state index >= 15 is 0 Å². The zero-order chi connectivity index (χ0) is 17.8. The largest absolute Gasteiger partial charge is 0.342 e. The molecule has 2 aliphatic rings. The molecule has 1 aromatic carbocycles. The number of rotatable bonds is 5. The average molecular weight is 380 g/mol. The predicted octanol–water partition coefficient (Wildman–Crippen LogP) is 3.12. The fourth-order valence-electron chi connectivity index (χ4n) is 4.54. The van der Waals surface area contributed by atoms with Crippen molar-refractivity contribution in [3.63, 3.8) is 0 Å². The van der Waals surface area contributed by atoms with Gasteiger partial charge in [0.2, 0.25) is 5.91 Å². The molecule has 26 heavy (non-hydrogen) atoms. The minimum atomic E-state index is 0. The van der Waals surface area contributed by atoms with E-state index in [1.54, 1.807) is 0 Å². The standard InChI is InChI=1S/C21H33N3O.ClH/c1-16-8-10-19(11-9-16)23(2)21(25)15-24-13-18(12-22)20(14-24)17-6-4-3-5-7-17;/h3-7,16,18-20H,8-15,22H2,1-2H3;1H/t16?,18-,19?,20+;/m1./s1. The molecule has 1 heterocycles. The van der Waals surface area contributed by atoms with Gasteiger partial charge in [0.15, 0.2) is 0 Å². The molecule has 1 saturated heterocycles. The number of likely N-dealkylation sites (tertiary alicyclic amines) is 1. The average Bonchev–Trinajstić information content (AvgIpc) is 3.05. The van der Waals surface area contributed by atoms with Crippen LogP contribution in [0.15, 0.2) is 30.3 Å². The first-order valence-corrected chi connectivity index (χ1v) is 9.81. The van der Waals surface area contributed by atoms with E-state index in [9.17, 15) is 4.79 Å². The first kappa shape index (κ1) is 21.2. The third-order valence-corrected chi connectivity index (χ3v) is 6.33. The molecular formula is C21H34ClN3O. The van der Waals surface area contributed by atoms with Crippen LogP contribution in [-0.2, 0) is 4.79 Å². The number of likely N-dealkylation sites (N-methyl/N-ethyl adjacent to an activating group) is 1. The fourth-order valence-corrected chi connectivity index (χ4v) is 4.54. The summed E-state index contributed by atoms with van der Waals surface area (Å²) in [6.45, 7) is 5.40. The number of amides is 1. The lowest BCUT2D eigenvalue weighted by molar-refractivity contribution is -0.133. The number of benzene rings is 1. The molecule has 2 atom stereocenters. The van der Waals surface area contributed by atoms with Crippen molar-refractivity contribution in [1.29, 1.82) is 0 Å². The van der Waals surface area contributed by atoms with Crippen LogP contribution in [0, 0.1) is 11.8 Å². The summed E-state index contributed by atoms with van der Waals surface area (Å²) in [6.07, 6.45) is 4.80. The van der Waals surface area contributed by atoms with Crippen molar-refractivity contribution in [2.24, 2.45) is 17.6 Å². The highest BCUT2D eigenvalue weighted by Gasteiger charge is 2.34. The van der Waals surface area contributed by atoms with E-state index in [0.29, 0.717) is 31.0 Å². The molecule has 0 bridgehead atoms. The number of hydrogen-bond acceptors (Lipinski definition) is 3. The topological polar surface area (TPSA) is 49.6 Å². The maximum Gasteiger partial charge on any atom is 0.236 e. The van der Waals surface area contributed by atoms with E-state index in [1.165, 1.54) is 18.4 Å². The Morgan fingerprint density at radius 2 is 1.81 bits per heavy atom. The first-order chi connectivity index (χ1) is 12.1. The van der Waals surface area contributed by atoms with Gasteiger partial charge in [0.25, 0.3) is 0 Å². The van der Waals surface area contributed by atoms with Crippen molar-refractivity contribution in [3.8, 4) is 0 Å². The van der Waals surface area contributed by atoms with Crippen molar-refractivity contribution in [2.75, 3.05) is 33.2 Å². The van der Waals surface area contributed by atoms with E-state index in [1.807, 2.05) is 11.9 Å². The van der Waals surface area contributed by atoms with Crippen molar-refractivity contribution >= 4 is 18.3 Å². The lowest BCUT2D eigenvalue weighted by Gasteiger charge is -2.34. The molecule has 2 N–H and O–H groups in total. The van der Waals surface area contributed by atoms with Gasteiger partial charge in [-0.25, -0.2) is 0 Å². The maximum atomic E-state index is 12.8. The molecule has 1 aliphatic heterocycles. The smallest absolute Gasteiger partial charge is 0.236 e. The lowest BCUT2D eigenvalue weighted by atomic mass is 9.87. The summed E-state index contributed by atoms with van der Waals surface area (Å²) in [5.41, 5.74) is 7.37. The Bertz CT molecular complexity index is 560.